The van der Waals surface area contributed by atoms with Gasteiger partial charge in [0.2, 0.25) is 65.0 Å². The number of nitrogens with two attached hydrogens (primary N) is 4. The molecule has 15 atom stereocenters. The number of aliphatic carboxylic acids is 2. The van der Waals surface area contributed by atoms with Crippen LogP contribution in [0.4, 0.5) is 32.0 Å². The second-order valence-electron chi connectivity index (χ2n) is 26.2. The van der Waals surface area contributed by atoms with Crippen molar-refractivity contribution in [1.29, 1.82) is 0 Å². The Hall–Kier alpha value is -11.7. The molecule has 626 valence electrons. The minimum absolute atomic E-state index is 0.0146. The molecule has 0 aliphatic carbocycles. The van der Waals surface area contributed by atoms with E-state index in [4.69, 9.17) is 47.5 Å². The number of aliphatic imine (C=N–C) groups is 1. The number of alkyl halides is 6. The number of halogens is 6. The number of carbonyl (C=O) groups is 14. The number of carbonyl (C=O) groups excluding carboxylic acids is 12. The molecule has 1 heterocycles. The van der Waals surface area contributed by atoms with Gasteiger partial charge in [-0.2, -0.15) is 26.3 Å². The fourth-order valence-corrected chi connectivity index (χ4v) is 10.1. The van der Waals surface area contributed by atoms with Crippen LogP contribution in [0.5, 0.6) is 0 Å². The highest BCUT2D eigenvalue weighted by atomic mass is 19.4. The number of hydrogen-bond acceptors (Lipinski definition) is 23. The summed E-state index contributed by atoms with van der Waals surface area (Å²) in [6, 6.07) is 1.16. The number of hydrogen-bond donors (Lipinski definition) is 20. The Labute approximate surface area is 640 Å². The van der Waals surface area contributed by atoms with E-state index in [-0.39, 0.29) is 61.4 Å². The number of primary amides is 1. The highest BCUT2D eigenvalue weighted by molar-refractivity contribution is 6.00. The molecule has 3 aromatic rings. The maximum atomic E-state index is 15.6. The molecule has 113 heavy (non-hydrogen) atoms. The number of benzene rings is 3. The number of nitro groups is 1. The van der Waals surface area contributed by atoms with Crippen LogP contribution < -0.4 is 76.1 Å². The van der Waals surface area contributed by atoms with E-state index in [0.717, 1.165) is 19.1 Å². The smallest absolute Gasteiger partial charge is 0.475 e. The predicted octanol–water partition coefficient (Wildman–Crippen LogP) is -3.87. The SMILES string of the molecule is CC[C@H](C)[C@@H]1NC(=O)[C@@H](CCCN=C(N)N)NC(=O)[C@H](CC(C)C)NC(=O)[C@H]([C@H](O)C(C)C)NC(=O)[C@@H](NC(=O)[C@H](Cc2ccc([N+](=O)[O-])cc2)NC(=O)[C@H](N)Cc2ccccc2)[C@@H](c2ccccc2)OC(=O)[C@H](CO)NC(=O)[C@H]([C@H](O)C(N)=O)NC(=O)CNC(=O)[C@H]([C@H](C)O)NC1=O.O=C(O)C(F)(F)F.O=C(O)C(F)(F)F. The zero-order chi connectivity index (χ0) is 86.1. The van der Waals surface area contributed by atoms with Crippen LogP contribution in [-0.4, -0.2) is 235 Å². The molecule has 45 heteroatoms. The van der Waals surface area contributed by atoms with Crippen LogP contribution in [0, 0.1) is 27.9 Å². The summed E-state index contributed by atoms with van der Waals surface area (Å²) in [5.74, 6) is -23.4. The zero-order valence-corrected chi connectivity index (χ0v) is 61.9. The van der Waals surface area contributed by atoms with Crippen molar-refractivity contribution in [2.45, 2.75) is 184 Å². The van der Waals surface area contributed by atoms with Crippen LogP contribution >= 0.6 is 0 Å². The van der Waals surface area contributed by atoms with Gasteiger partial charge in [0.05, 0.1) is 36.3 Å². The Morgan fingerprint density at radius 3 is 1.60 bits per heavy atom. The van der Waals surface area contributed by atoms with Gasteiger partial charge >= 0.3 is 30.3 Å². The van der Waals surface area contributed by atoms with Gasteiger partial charge in [-0.3, -0.25) is 67.8 Å². The molecule has 0 unspecified atom stereocenters. The van der Waals surface area contributed by atoms with Gasteiger partial charge in [0.15, 0.2) is 24.2 Å². The summed E-state index contributed by atoms with van der Waals surface area (Å²) in [4.78, 5) is 205. The average Bonchev–Trinajstić information content (AvgIpc) is 0.808. The van der Waals surface area contributed by atoms with Crippen molar-refractivity contribution < 1.29 is 134 Å². The number of amides is 11. The van der Waals surface area contributed by atoms with E-state index in [1.54, 1.807) is 58.0 Å². The van der Waals surface area contributed by atoms with Crippen LogP contribution in [-0.2, 0) is 84.7 Å². The van der Waals surface area contributed by atoms with Gasteiger partial charge in [0.25, 0.3) is 5.69 Å². The number of aliphatic hydroxyl groups excluding tert-OH is 4. The van der Waals surface area contributed by atoms with Crippen molar-refractivity contribution >= 4 is 94.5 Å². The third kappa shape index (κ3) is 33.4. The second-order valence-corrected chi connectivity index (χ2v) is 26.2. The van der Waals surface area contributed by atoms with Crippen molar-refractivity contribution in [2.24, 2.45) is 45.7 Å². The van der Waals surface area contributed by atoms with Crippen LogP contribution in [0.25, 0.3) is 0 Å². The van der Waals surface area contributed by atoms with Gasteiger partial charge in [0, 0.05) is 25.1 Å². The summed E-state index contributed by atoms with van der Waals surface area (Å²) in [6.07, 6.45) is -19.3. The lowest BCUT2D eigenvalue weighted by atomic mass is 9.95. The van der Waals surface area contributed by atoms with Crippen LogP contribution in [0.1, 0.15) is 96.9 Å². The molecule has 0 bridgehead atoms. The van der Waals surface area contributed by atoms with E-state index < -0.39 is 222 Å². The first-order valence-corrected chi connectivity index (χ1v) is 34.4. The van der Waals surface area contributed by atoms with Crippen molar-refractivity contribution in [3.63, 3.8) is 0 Å². The van der Waals surface area contributed by atoms with Gasteiger partial charge in [-0.05, 0) is 67.1 Å². The van der Waals surface area contributed by atoms with Gasteiger partial charge in [-0.25, -0.2) is 14.4 Å². The summed E-state index contributed by atoms with van der Waals surface area (Å²) >= 11 is 0. The fourth-order valence-electron chi connectivity index (χ4n) is 10.1. The molecule has 0 aromatic heterocycles. The normalized spacial score (nSPS) is 21.8. The number of nitro benzene ring substituents is 1. The topological polar surface area (TPSA) is 649 Å². The van der Waals surface area contributed by atoms with Crippen LogP contribution in [0.2, 0.25) is 0 Å². The lowest BCUT2D eigenvalue weighted by Gasteiger charge is -2.33. The molecule has 1 fully saturated rings. The Bertz CT molecular complexity index is 3760. The highest BCUT2D eigenvalue weighted by Crippen LogP contribution is 2.26. The lowest BCUT2D eigenvalue weighted by Crippen LogP contribution is -2.64. The van der Waals surface area contributed by atoms with E-state index in [1.165, 1.54) is 56.3 Å². The Balaban J connectivity index is 0.00000281. The Morgan fingerprint density at radius 1 is 0.628 bits per heavy atom. The van der Waals surface area contributed by atoms with E-state index in [9.17, 15) is 100 Å². The van der Waals surface area contributed by atoms with Crippen molar-refractivity contribution in [1.82, 2.24) is 53.2 Å². The summed E-state index contributed by atoms with van der Waals surface area (Å²) in [7, 11) is 0. The molecule has 11 amide bonds. The molecule has 4 rings (SSSR count). The minimum Gasteiger partial charge on any atom is -0.475 e. The Morgan fingerprint density at radius 2 is 1.12 bits per heavy atom. The van der Waals surface area contributed by atoms with E-state index in [0.29, 0.717) is 5.56 Å². The molecule has 0 radical (unpaired) electrons. The number of cyclic esters (lactones) is 1. The van der Waals surface area contributed by atoms with Gasteiger partial charge in [-0.1, -0.05) is 121 Å². The average molecular weight is 1620 g/mol. The molecular weight excluding hydrogens is 1520 g/mol. The maximum absolute atomic E-state index is 15.6. The molecule has 3 aromatic carbocycles. The summed E-state index contributed by atoms with van der Waals surface area (Å²) < 4.78 is 69.4. The van der Waals surface area contributed by atoms with E-state index in [1.807, 2.05) is 10.6 Å². The first-order chi connectivity index (χ1) is 52.6. The first-order valence-electron chi connectivity index (χ1n) is 34.4. The number of nitrogens with zero attached hydrogens (tertiary/aromatic N) is 2. The van der Waals surface area contributed by atoms with Crippen molar-refractivity contribution in [3.05, 3.63) is 112 Å². The predicted molar refractivity (Wildman–Crippen MR) is 382 cm³/mol. The molecule has 24 N–H and O–H groups in total. The number of nitrogens with one attached hydrogen (secondary N) is 10. The molecule has 39 nitrogen and oxygen atoms in total. The second kappa shape index (κ2) is 46.2. The van der Waals surface area contributed by atoms with E-state index >= 15 is 14.4 Å². The number of rotatable bonds is 24. The summed E-state index contributed by atoms with van der Waals surface area (Å²) in [5, 5.41) is 94.1. The zero-order valence-electron chi connectivity index (χ0n) is 61.9. The summed E-state index contributed by atoms with van der Waals surface area (Å²) in [5.41, 5.74) is 23.2. The molecule has 1 aliphatic rings. The summed E-state index contributed by atoms with van der Waals surface area (Å²) in [6.45, 7) is 7.96. The highest BCUT2D eigenvalue weighted by Gasteiger charge is 2.45. The largest absolute Gasteiger partial charge is 0.490 e. The van der Waals surface area contributed by atoms with Gasteiger partial charge < -0.3 is 111 Å². The Kier molecular flexibility index (Phi) is 39.8. The van der Waals surface area contributed by atoms with E-state index in [2.05, 4.69) is 47.5 Å². The number of carboxylic acid groups (broad SMARTS) is 2. The minimum atomic E-state index is -5.08. The first kappa shape index (κ1) is 97.4. The molecule has 1 aliphatic heterocycles. The number of non-ortho nitro benzene ring substituents is 1. The number of ether oxygens (including phenoxy) is 1. The van der Waals surface area contributed by atoms with Crippen molar-refractivity contribution in [2.75, 3.05) is 19.7 Å². The number of esters is 1. The van der Waals surface area contributed by atoms with Crippen molar-refractivity contribution in [3.8, 4) is 0 Å². The maximum Gasteiger partial charge on any atom is 0.490 e. The molecule has 1 saturated heterocycles. The number of guanidine groups is 1. The fraction of sp³-hybridized carbons (Fsp3) is 0.515. The van der Waals surface area contributed by atoms with Crippen LogP contribution in [0.15, 0.2) is 89.9 Å². The van der Waals surface area contributed by atoms with Crippen LogP contribution in [0.3, 0.4) is 0 Å². The molecule has 0 saturated carbocycles. The monoisotopic (exact) mass is 1620 g/mol. The van der Waals surface area contributed by atoms with Gasteiger partial charge in [-0.15, -0.1) is 0 Å². The number of carboxylic acids is 2. The lowest BCUT2D eigenvalue weighted by molar-refractivity contribution is -0.384. The standard InChI is InChI=1S/C64H92N16O19.2C2HF3O2/c1-8-33(6)45-59(92)77-46(34(7)82)58(91)70-29-44(83)75-48(51(85)53(66)86)61(94)74-43(30-81)63(96)99-52(37-18-13-10-14-19-37)49(79-57(90)42(28-36-21-23-38(24-22-36)80(97)98)72-54(87)39(65)27-35-16-11-9-12-17-35)62(95)78-47(50(84)32(4)5)60(93)73-41(26-31(2)3)56(89)71-40(55(88)76-45)20-15-25-69-64(67)68;2*3-2(4,5)1(6)7/h9-14,16-19,21-24,31-34,39-43,45-52,81-82,84-85H,8,15,20,25-30,65H2,1-7H3,(H2,66,86)(H,70,91)(H,71,89)(H,72,87)(H,73,93)(H,74,94)(H,75,83)(H,76,88)(H,77,92)(H,78,95)(H,79,90)(H4,67,68,69);2*(H,6,7)/t33-,34-,39+,40+,41-,42-,43-,45-,46-,47-,48-,49-,50+,51-,52+;;/m0../s1. The molecular formula is C68H94F6N16O23. The van der Waals surface area contributed by atoms with Gasteiger partial charge in [0.1, 0.15) is 48.3 Å². The third-order valence-corrected chi connectivity index (χ3v) is 16.4. The quantitative estimate of drug-likeness (QED) is 0.00776. The number of aliphatic hydroxyl groups is 4. The third-order valence-electron chi connectivity index (χ3n) is 16.4. The molecule has 0 spiro atoms.